The van der Waals surface area contributed by atoms with Crippen LogP contribution in [-0.2, 0) is 14.8 Å². The first-order valence-electron chi connectivity index (χ1n) is 6.81. The Morgan fingerprint density at radius 1 is 1.24 bits per heavy atom. The minimum Gasteiger partial charge on any atom is -0.494 e. The van der Waals surface area contributed by atoms with E-state index >= 15 is 0 Å². The Bertz CT molecular complexity index is 526. The number of nitrogens with zero attached hydrogens (tertiary/aromatic N) is 1. The zero-order valence-electron chi connectivity index (χ0n) is 11.7. The lowest BCUT2D eigenvalue weighted by Crippen LogP contribution is -2.48. The summed E-state index contributed by atoms with van der Waals surface area (Å²) in [7, 11) is -3.58. The van der Waals surface area contributed by atoms with E-state index in [4.69, 9.17) is 14.6 Å². The fourth-order valence-corrected chi connectivity index (χ4v) is 2.97. The van der Waals surface area contributed by atoms with Gasteiger partial charge < -0.3 is 14.6 Å². The van der Waals surface area contributed by atoms with Crippen molar-refractivity contribution in [1.82, 2.24) is 9.84 Å². The number of rotatable bonds is 7. The van der Waals surface area contributed by atoms with Crippen LogP contribution in [0.3, 0.4) is 0 Å². The van der Waals surface area contributed by atoms with Gasteiger partial charge in [-0.15, -0.1) is 4.83 Å². The average molecular weight is 316 g/mol. The second-order valence-electron chi connectivity index (χ2n) is 4.59. The lowest BCUT2D eigenvalue weighted by Gasteiger charge is -2.26. The molecule has 0 unspecified atom stereocenters. The molecule has 0 amide bonds. The van der Waals surface area contributed by atoms with Gasteiger partial charge in [0.05, 0.1) is 24.7 Å². The number of aliphatic hydroxyl groups is 1. The van der Waals surface area contributed by atoms with Gasteiger partial charge in [-0.05, 0) is 24.3 Å². The highest BCUT2D eigenvalue weighted by Crippen LogP contribution is 2.16. The first kappa shape index (κ1) is 16.2. The fourth-order valence-electron chi connectivity index (χ4n) is 1.85. The maximum atomic E-state index is 12.2. The highest BCUT2D eigenvalue weighted by atomic mass is 32.2. The summed E-state index contributed by atoms with van der Waals surface area (Å²) in [4.78, 5) is 2.72. The average Bonchev–Trinajstić information content (AvgIpc) is 2.49. The van der Waals surface area contributed by atoms with Crippen LogP contribution >= 0.6 is 0 Å². The molecule has 1 aliphatic rings. The van der Waals surface area contributed by atoms with E-state index < -0.39 is 10.0 Å². The van der Waals surface area contributed by atoms with Gasteiger partial charge in [-0.2, -0.15) is 0 Å². The van der Waals surface area contributed by atoms with Crippen LogP contribution < -0.4 is 9.57 Å². The number of hydrogen-bond acceptors (Lipinski definition) is 6. The van der Waals surface area contributed by atoms with Crippen molar-refractivity contribution in [3.63, 3.8) is 0 Å². The second kappa shape index (κ2) is 7.71. The van der Waals surface area contributed by atoms with Crippen molar-refractivity contribution in [2.24, 2.45) is 0 Å². The summed E-state index contributed by atoms with van der Waals surface area (Å²) in [5.41, 5.74) is 0. The van der Waals surface area contributed by atoms with Crippen molar-refractivity contribution < 1.29 is 23.0 Å². The summed E-state index contributed by atoms with van der Waals surface area (Å²) in [6.07, 6.45) is 0.540. The van der Waals surface area contributed by atoms with E-state index in [0.717, 1.165) is 0 Å². The summed E-state index contributed by atoms with van der Waals surface area (Å²) in [5, 5.41) is 10.3. The molecular formula is C13H20N2O5S. The molecule has 1 aromatic carbocycles. The Hall–Kier alpha value is -1.19. The van der Waals surface area contributed by atoms with Gasteiger partial charge in [-0.1, -0.05) is 0 Å². The van der Waals surface area contributed by atoms with Crippen LogP contribution in [0.5, 0.6) is 5.75 Å². The number of aliphatic hydroxyl groups excluding tert-OH is 1. The number of nitrogens with one attached hydrogen (secondary N) is 1. The molecule has 0 atom stereocenters. The standard InChI is InChI=1S/C13H20N2O5S/c16-8-1-9-20-12-2-4-13(5-3-12)21(17,18)14-15-6-10-19-11-7-15/h2-5,14,16H,1,6-11H2. The summed E-state index contributed by atoms with van der Waals surface area (Å²) >= 11 is 0. The second-order valence-corrected chi connectivity index (χ2v) is 6.25. The van der Waals surface area contributed by atoms with Gasteiger partial charge in [-0.3, -0.25) is 0 Å². The number of benzene rings is 1. The fraction of sp³-hybridized carbons (Fsp3) is 0.538. The molecule has 1 aliphatic heterocycles. The third-order valence-corrected chi connectivity index (χ3v) is 4.36. The van der Waals surface area contributed by atoms with Gasteiger partial charge >= 0.3 is 0 Å². The molecular weight excluding hydrogens is 296 g/mol. The molecule has 0 aromatic heterocycles. The Morgan fingerprint density at radius 3 is 2.52 bits per heavy atom. The molecule has 7 nitrogen and oxygen atoms in total. The quantitative estimate of drug-likeness (QED) is 0.687. The van der Waals surface area contributed by atoms with Crippen molar-refractivity contribution >= 4 is 10.0 Å². The van der Waals surface area contributed by atoms with Crippen LogP contribution in [0.15, 0.2) is 29.2 Å². The monoisotopic (exact) mass is 316 g/mol. The highest BCUT2D eigenvalue weighted by Gasteiger charge is 2.20. The van der Waals surface area contributed by atoms with Gasteiger partial charge in [-0.25, -0.2) is 13.4 Å². The van der Waals surface area contributed by atoms with Crippen molar-refractivity contribution in [3.05, 3.63) is 24.3 Å². The van der Waals surface area contributed by atoms with E-state index in [1.807, 2.05) is 0 Å². The molecule has 21 heavy (non-hydrogen) atoms. The zero-order chi connectivity index (χ0) is 15.1. The summed E-state index contributed by atoms with van der Waals surface area (Å²) < 4.78 is 34.9. The summed E-state index contributed by atoms with van der Waals surface area (Å²) in [5.74, 6) is 0.578. The van der Waals surface area contributed by atoms with E-state index in [0.29, 0.717) is 45.1 Å². The molecule has 2 rings (SSSR count). The highest BCUT2D eigenvalue weighted by molar-refractivity contribution is 7.89. The molecule has 0 radical (unpaired) electrons. The molecule has 0 spiro atoms. The minimum atomic E-state index is -3.58. The van der Waals surface area contributed by atoms with E-state index in [9.17, 15) is 8.42 Å². The largest absolute Gasteiger partial charge is 0.494 e. The molecule has 0 bridgehead atoms. The van der Waals surface area contributed by atoms with Crippen molar-refractivity contribution in [3.8, 4) is 5.75 Å². The molecule has 0 aliphatic carbocycles. The lowest BCUT2D eigenvalue weighted by atomic mass is 10.3. The number of sulfonamides is 1. The van der Waals surface area contributed by atoms with E-state index in [2.05, 4.69) is 4.83 Å². The van der Waals surface area contributed by atoms with E-state index in [-0.39, 0.29) is 11.5 Å². The van der Waals surface area contributed by atoms with Gasteiger partial charge in [0.25, 0.3) is 10.0 Å². The predicted octanol–water partition coefficient (Wildman–Crippen LogP) is -0.0267. The van der Waals surface area contributed by atoms with Gasteiger partial charge in [0.2, 0.25) is 0 Å². The Morgan fingerprint density at radius 2 is 1.90 bits per heavy atom. The molecule has 1 saturated heterocycles. The molecule has 8 heteroatoms. The number of morpholine rings is 1. The van der Waals surface area contributed by atoms with Crippen molar-refractivity contribution in [2.45, 2.75) is 11.3 Å². The molecule has 0 saturated carbocycles. The van der Waals surface area contributed by atoms with Gasteiger partial charge in [0.1, 0.15) is 5.75 Å². The van der Waals surface area contributed by atoms with Crippen LogP contribution in [0.2, 0.25) is 0 Å². The first-order valence-corrected chi connectivity index (χ1v) is 8.29. The Labute approximate surface area is 124 Å². The first-order chi connectivity index (χ1) is 10.1. The maximum Gasteiger partial charge on any atom is 0.253 e. The number of ether oxygens (including phenoxy) is 2. The molecule has 1 heterocycles. The topological polar surface area (TPSA) is 88.1 Å². The van der Waals surface area contributed by atoms with Gasteiger partial charge in [0, 0.05) is 26.1 Å². The van der Waals surface area contributed by atoms with Gasteiger partial charge in [0.15, 0.2) is 0 Å². The Kier molecular flexibility index (Phi) is 5.95. The Balaban J connectivity index is 1.95. The predicted molar refractivity (Wildman–Crippen MR) is 76.4 cm³/mol. The minimum absolute atomic E-state index is 0.0654. The van der Waals surface area contributed by atoms with Crippen LogP contribution in [0.1, 0.15) is 6.42 Å². The zero-order valence-corrected chi connectivity index (χ0v) is 12.5. The smallest absolute Gasteiger partial charge is 0.253 e. The third kappa shape index (κ3) is 4.94. The molecule has 118 valence electrons. The van der Waals surface area contributed by atoms with E-state index in [1.165, 1.54) is 12.1 Å². The van der Waals surface area contributed by atoms with E-state index in [1.54, 1.807) is 17.1 Å². The third-order valence-electron chi connectivity index (χ3n) is 2.97. The number of hydrogen-bond donors (Lipinski definition) is 2. The molecule has 2 N–H and O–H groups in total. The van der Waals surface area contributed by atoms with Crippen LogP contribution in [0.4, 0.5) is 0 Å². The number of hydrazine groups is 1. The van der Waals surface area contributed by atoms with Crippen LogP contribution in [-0.4, -0.2) is 58.1 Å². The normalized spacial score (nSPS) is 16.8. The SMILES string of the molecule is O=S(=O)(NN1CCOCC1)c1ccc(OCCCO)cc1. The molecule has 1 aromatic rings. The summed E-state index contributed by atoms with van der Waals surface area (Å²) in [6.45, 7) is 2.55. The summed E-state index contributed by atoms with van der Waals surface area (Å²) in [6, 6.07) is 6.20. The molecule has 1 fully saturated rings. The van der Waals surface area contributed by atoms with Crippen molar-refractivity contribution in [1.29, 1.82) is 0 Å². The van der Waals surface area contributed by atoms with Crippen molar-refractivity contribution in [2.75, 3.05) is 39.5 Å². The lowest BCUT2D eigenvalue weighted by molar-refractivity contribution is 0.0272. The van der Waals surface area contributed by atoms with Crippen LogP contribution in [0.25, 0.3) is 0 Å². The van der Waals surface area contributed by atoms with Crippen LogP contribution in [0, 0.1) is 0 Å². The maximum absolute atomic E-state index is 12.2.